The first-order chi connectivity index (χ1) is 1.73. The summed E-state index contributed by atoms with van der Waals surface area (Å²) in [6.45, 7) is 0. The van der Waals surface area contributed by atoms with Crippen molar-refractivity contribution < 1.29 is 9.90 Å². The summed E-state index contributed by atoms with van der Waals surface area (Å²) in [6, 6.07) is 0. The number of rotatable bonds is 0. The second-order valence-corrected chi connectivity index (χ2v) is 0.790. The molecule has 0 heterocycles. The van der Waals surface area contributed by atoms with Gasteiger partial charge in [-0.15, -0.1) is 0 Å². The topological polar surface area (TPSA) is 40.1 Å². The van der Waals surface area contributed by atoms with Gasteiger partial charge in [-0.2, -0.15) is 0 Å². The van der Waals surface area contributed by atoms with Crippen LogP contribution in [-0.4, -0.2) is 21.1 Å². The zero-order valence-corrected chi connectivity index (χ0v) is 3.05. The van der Waals surface area contributed by atoms with Gasteiger partial charge >= 0.3 is 31.0 Å². The third-order valence-corrected chi connectivity index (χ3v) is 0. The van der Waals surface area contributed by atoms with E-state index in [-0.39, 0.29) is 0 Å². The predicted molar refractivity (Wildman–Crippen MR) is 11.1 cm³/mol. The monoisotopic (exact) mass is 71.0 g/mol. The number of carbonyl (C=O) groups is 1. The first-order valence-electron chi connectivity index (χ1n) is 0.697. The van der Waals surface area contributed by atoms with Gasteiger partial charge in [0.1, 0.15) is 0 Å². The van der Waals surface area contributed by atoms with E-state index in [0.29, 0.717) is 0 Å². The molecule has 18 valence electrons. The van der Waals surface area contributed by atoms with Crippen LogP contribution in [0.15, 0.2) is 0 Å². The van der Waals surface area contributed by atoms with Crippen LogP contribution in [-0.2, 0) is 0 Å². The van der Waals surface area contributed by atoms with Gasteiger partial charge in [0.2, 0.25) is 0 Å². The van der Waals surface area contributed by atoms with E-state index in [4.69, 9.17) is 9.90 Å². The molecule has 0 N–H and O–H groups in total. The van der Waals surface area contributed by atoms with Gasteiger partial charge in [-0.25, -0.2) is 0 Å². The molecule has 0 amide bonds. The van der Waals surface area contributed by atoms with Crippen LogP contribution in [0.3, 0.4) is 0 Å². The maximum atomic E-state index is 8.85. The summed E-state index contributed by atoms with van der Waals surface area (Å²) in [5, 5.41) is 8.85. The molecule has 0 bridgehead atoms. The number of hydrogen-bond donors (Lipinski definition) is 0. The molecule has 0 rings (SSSR count). The summed E-state index contributed by atoms with van der Waals surface area (Å²) in [6.07, 6.45) is 0. The van der Waals surface area contributed by atoms with Crippen LogP contribution in [0, 0.1) is 0 Å². The fraction of sp³-hybridized carbons (Fsp3) is 0. The van der Waals surface area contributed by atoms with Gasteiger partial charge in [0.25, 0.3) is 0 Å². The van der Waals surface area contributed by atoms with E-state index in [1.807, 2.05) is 0 Å². The minimum absolute atomic E-state index is 1.17. The normalized spacial score (nSPS) is 6.50. The van der Waals surface area contributed by atoms with Crippen molar-refractivity contribution >= 4 is 21.1 Å². The predicted octanol–water partition coefficient (Wildman–Crippen LogP) is -1.50. The van der Waals surface area contributed by atoms with Gasteiger partial charge in [-0.3, -0.25) is 0 Å². The van der Waals surface area contributed by atoms with Crippen LogP contribution in [0.25, 0.3) is 0 Å². The number of carboxylic acid groups (broad SMARTS) is 1. The number of hydrogen-bond acceptors (Lipinski definition) is 2. The number of carbonyl (C=O) groups excluding carboxylic acids is 1. The summed E-state index contributed by atoms with van der Waals surface area (Å²) in [5.74, 6) is 0. The second-order valence-electron chi connectivity index (χ2n) is 0.319. The summed E-state index contributed by atoms with van der Waals surface area (Å²) in [4.78, 5) is 7.69. The zero-order valence-electron chi connectivity index (χ0n) is 1.89. The molecule has 0 aromatic rings. The van der Waals surface area contributed by atoms with E-state index in [2.05, 4.69) is 0 Å². The molecule has 0 aromatic heterocycles. The molecule has 0 saturated heterocycles. The molecule has 0 unspecified atom stereocenters. The first kappa shape index (κ1) is 4.00. The first-order valence-corrected chi connectivity index (χ1v) is 1.27. The minimum atomic E-state index is -1.17. The Morgan fingerprint density at radius 3 is 2.00 bits per heavy atom. The van der Waals surface area contributed by atoms with Crippen molar-refractivity contribution in [1.82, 2.24) is 0 Å². The molecule has 0 radical (unpaired) electrons. The Hall–Kier alpha value is 0.00247. The van der Waals surface area contributed by atoms with Crippen LogP contribution < -0.4 is 5.11 Å². The molecule has 0 aromatic carbocycles. The van der Waals surface area contributed by atoms with Crippen LogP contribution in [0.4, 0.5) is 4.79 Å². The van der Waals surface area contributed by atoms with E-state index in [1.165, 1.54) is 16.3 Å². The summed E-state index contributed by atoms with van der Waals surface area (Å²) in [7, 11) is 0. The van der Waals surface area contributed by atoms with E-state index < -0.39 is 4.83 Å². The molecule has 0 aliphatic heterocycles. The van der Waals surface area contributed by atoms with Gasteiger partial charge in [0, 0.05) is 0 Å². The van der Waals surface area contributed by atoms with Crippen LogP contribution in [0.1, 0.15) is 0 Å². The van der Waals surface area contributed by atoms with Crippen molar-refractivity contribution in [2.24, 2.45) is 0 Å². The van der Waals surface area contributed by atoms with Gasteiger partial charge in [-0.1, -0.05) is 0 Å². The molecular weight excluding hydrogens is 71.0 g/mol. The molecule has 0 aliphatic rings. The van der Waals surface area contributed by atoms with E-state index in [1.54, 1.807) is 0 Å². The van der Waals surface area contributed by atoms with Crippen molar-refractivity contribution in [3.63, 3.8) is 0 Å². The van der Waals surface area contributed by atoms with Crippen molar-refractivity contribution in [2.75, 3.05) is 0 Å². The van der Waals surface area contributed by atoms with Crippen molar-refractivity contribution in [1.29, 1.82) is 0 Å². The Bertz CT molecular complexity index is 29.0. The maximum absolute atomic E-state index is 8.85. The van der Waals surface area contributed by atoms with Gasteiger partial charge in [0.05, 0.1) is 0 Å². The average Bonchev–Trinajstić information content (AvgIpc) is 0.811. The van der Waals surface area contributed by atoms with Crippen LogP contribution in [0.5, 0.6) is 0 Å². The van der Waals surface area contributed by atoms with Crippen molar-refractivity contribution in [3.05, 3.63) is 0 Å². The van der Waals surface area contributed by atoms with Gasteiger partial charge in [-0.05, 0) is 0 Å². The standard InChI is InChI=1S/CO2.Al/c2-1-3;/q-1;+2. The Balaban J connectivity index is 2.80. The quantitative estimate of drug-likeness (QED) is 0.326. The SMILES string of the molecule is O=[C]([O-])[Al+2]. The molecule has 0 aliphatic carbocycles. The Kier molecular flexibility index (Phi) is 1.34. The second kappa shape index (κ2) is 1.34. The zero-order chi connectivity index (χ0) is 3.58. The fourth-order valence-corrected chi connectivity index (χ4v) is 0. The molecule has 0 spiro atoms. The summed E-state index contributed by atoms with van der Waals surface area (Å²) in [5.41, 5.74) is 0. The van der Waals surface area contributed by atoms with Gasteiger partial charge in [0.15, 0.2) is 0 Å². The molecule has 0 saturated carbocycles. The Labute approximate surface area is 31.9 Å². The Morgan fingerprint density at radius 2 is 2.00 bits per heavy atom. The fourth-order valence-electron chi connectivity index (χ4n) is 0. The third-order valence-electron chi connectivity index (χ3n) is 0. The van der Waals surface area contributed by atoms with Gasteiger partial charge < -0.3 is 0 Å². The van der Waals surface area contributed by atoms with Crippen molar-refractivity contribution in [3.8, 4) is 0 Å². The molecular formula is CAlO2+. The Morgan fingerprint density at radius 1 is 2.00 bits per heavy atom. The molecule has 2 nitrogen and oxygen atoms in total. The molecule has 0 atom stereocenters. The average molecular weight is 71.0 g/mol. The van der Waals surface area contributed by atoms with Crippen LogP contribution in [0.2, 0.25) is 0 Å². The molecule has 3 heteroatoms. The van der Waals surface area contributed by atoms with E-state index >= 15 is 0 Å². The van der Waals surface area contributed by atoms with E-state index in [0.717, 1.165) is 0 Å². The van der Waals surface area contributed by atoms with Crippen LogP contribution >= 0.6 is 0 Å². The summed E-state index contributed by atoms with van der Waals surface area (Å²) >= 11 is 1.46. The van der Waals surface area contributed by atoms with E-state index in [9.17, 15) is 0 Å². The summed E-state index contributed by atoms with van der Waals surface area (Å²) < 4.78 is 0. The van der Waals surface area contributed by atoms with Crippen molar-refractivity contribution in [2.45, 2.75) is 0 Å². The third kappa shape index (κ3) is 331000. The molecule has 0 fully saturated rings. The molecule has 4 heavy (non-hydrogen) atoms.